The molecule has 0 radical (unpaired) electrons. The SMILES string of the molecule is CC(NCc1ccc(CC#N)cc1)c1cccc(NS(C)(=O)=O)c1. The molecule has 0 fully saturated rings. The fraction of sp³-hybridized carbons (Fsp3) is 0.278. The van der Waals surface area contributed by atoms with Crippen LogP contribution in [0, 0.1) is 11.3 Å². The molecule has 0 aliphatic heterocycles. The highest BCUT2D eigenvalue weighted by molar-refractivity contribution is 7.92. The van der Waals surface area contributed by atoms with Crippen molar-refractivity contribution in [1.29, 1.82) is 5.26 Å². The van der Waals surface area contributed by atoms with Gasteiger partial charge >= 0.3 is 0 Å². The van der Waals surface area contributed by atoms with Crippen LogP contribution in [0.3, 0.4) is 0 Å². The fourth-order valence-electron chi connectivity index (χ4n) is 2.34. The first-order valence-corrected chi connectivity index (χ1v) is 9.52. The Hall–Kier alpha value is -2.36. The van der Waals surface area contributed by atoms with Crippen LogP contribution in [-0.4, -0.2) is 14.7 Å². The zero-order valence-electron chi connectivity index (χ0n) is 13.8. The minimum atomic E-state index is -3.28. The molecule has 0 aromatic heterocycles. The van der Waals surface area contributed by atoms with E-state index in [9.17, 15) is 8.42 Å². The highest BCUT2D eigenvalue weighted by Crippen LogP contribution is 2.18. The van der Waals surface area contributed by atoms with Gasteiger partial charge in [-0.1, -0.05) is 36.4 Å². The maximum atomic E-state index is 11.3. The standard InChI is InChI=1S/C18H21N3O2S/c1-14(17-4-3-5-18(12-17)21-24(2,22)23)20-13-16-8-6-15(7-9-16)10-11-19/h3-9,12,14,20-21H,10,13H2,1-2H3. The molecule has 5 nitrogen and oxygen atoms in total. The number of anilines is 1. The number of hydrogen-bond donors (Lipinski definition) is 2. The van der Waals surface area contributed by atoms with Crippen LogP contribution in [0.25, 0.3) is 0 Å². The van der Waals surface area contributed by atoms with Gasteiger partial charge in [-0.05, 0) is 35.7 Å². The molecule has 0 saturated heterocycles. The molecular formula is C18H21N3O2S. The van der Waals surface area contributed by atoms with Gasteiger partial charge in [0.15, 0.2) is 0 Å². The number of benzene rings is 2. The number of nitriles is 1. The van der Waals surface area contributed by atoms with Crippen LogP contribution >= 0.6 is 0 Å². The third-order valence-electron chi connectivity index (χ3n) is 3.61. The predicted octanol–water partition coefficient (Wildman–Crippen LogP) is 2.97. The minimum Gasteiger partial charge on any atom is -0.306 e. The molecule has 2 aromatic rings. The van der Waals surface area contributed by atoms with Gasteiger partial charge < -0.3 is 5.32 Å². The second-order valence-electron chi connectivity index (χ2n) is 5.75. The van der Waals surface area contributed by atoms with Crippen molar-refractivity contribution in [2.75, 3.05) is 11.0 Å². The average Bonchev–Trinajstić information content (AvgIpc) is 2.53. The van der Waals surface area contributed by atoms with Gasteiger partial charge in [-0.15, -0.1) is 0 Å². The smallest absolute Gasteiger partial charge is 0.229 e. The highest BCUT2D eigenvalue weighted by Gasteiger charge is 2.08. The molecule has 0 heterocycles. The number of sulfonamides is 1. The van der Waals surface area contributed by atoms with E-state index in [0.29, 0.717) is 18.7 Å². The van der Waals surface area contributed by atoms with Gasteiger partial charge in [0, 0.05) is 18.3 Å². The van der Waals surface area contributed by atoms with Crippen LogP contribution in [0.2, 0.25) is 0 Å². The summed E-state index contributed by atoms with van der Waals surface area (Å²) < 4.78 is 25.1. The number of nitrogens with zero attached hydrogens (tertiary/aromatic N) is 1. The van der Waals surface area contributed by atoms with Crippen molar-refractivity contribution in [2.45, 2.75) is 25.9 Å². The lowest BCUT2D eigenvalue weighted by Crippen LogP contribution is -2.18. The van der Waals surface area contributed by atoms with E-state index in [0.717, 1.165) is 22.9 Å². The molecule has 126 valence electrons. The molecule has 0 aliphatic carbocycles. The topological polar surface area (TPSA) is 82.0 Å². The number of rotatable bonds is 7. The Bertz CT molecular complexity index is 824. The molecule has 1 atom stereocenters. The van der Waals surface area contributed by atoms with E-state index in [1.807, 2.05) is 49.4 Å². The summed E-state index contributed by atoms with van der Waals surface area (Å²) in [7, 11) is -3.28. The Morgan fingerprint density at radius 2 is 1.79 bits per heavy atom. The lowest BCUT2D eigenvalue weighted by molar-refractivity contribution is 0.575. The van der Waals surface area contributed by atoms with Gasteiger partial charge in [-0.3, -0.25) is 4.72 Å². The summed E-state index contributed by atoms with van der Waals surface area (Å²) in [4.78, 5) is 0. The van der Waals surface area contributed by atoms with Crippen LogP contribution in [0.4, 0.5) is 5.69 Å². The molecule has 2 aromatic carbocycles. The van der Waals surface area contributed by atoms with E-state index < -0.39 is 10.0 Å². The van der Waals surface area contributed by atoms with E-state index >= 15 is 0 Å². The van der Waals surface area contributed by atoms with Crippen LogP contribution in [-0.2, 0) is 23.0 Å². The average molecular weight is 343 g/mol. The molecule has 0 bridgehead atoms. The molecule has 24 heavy (non-hydrogen) atoms. The van der Waals surface area contributed by atoms with E-state index in [4.69, 9.17) is 5.26 Å². The van der Waals surface area contributed by atoms with E-state index in [1.165, 1.54) is 0 Å². The number of hydrogen-bond acceptors (Lipinski definition) is 4. The molecular weight excluding hydrogens is 322 g/mol. The first kappa shape index (κ1) is 18.0. The predicted molar refractivity (Wildman–Crippen MR) is 95.9 cm³/mol. The summed E-state index contributed by atoms with van der Waals surface area (Å²) >= 11 is 0. The fourth-order valence-corrected chi connectivity index (χ4v) is 2.90. The first-order valence-electron chi connectivity index (χ1n) is 7.63. The van der Waals surface area contributed by atoms with Gasteiger partial charge in [-0.2, -0.15) is 5.26 Å². The summed E-state index contributed by atoms with van der Waals surface area (Å²) in [6.07, 6.45) is 1.56. The van der Waals surface area contributed by atoms with Crippen molar-refractivity contribution in [2.24, 2.45) is 0 Å². The van der Waals surface area contributed by atoms with Crippen molar-refractivity contribution < 1.29 is 8.42 Å². The monoisotopic (exact) mass is 343 g/mol. The summed E-state index contributed by atoms with van der Waals surface area (Å²) in [5, 5.41) is 12.1. The molecule has 0 aliphatic rings. The second-order valence-corrected chi connectivity index (χ2v) is 7.50. The highest BCUT2D eigenvalue weighted by atomic mass is 32.2. The number of nitrogens with one attached hydrogen (secondary N) is 2. The van der Waals surface area contributed by atoms with Gasteiger partial charge in [0.1, 0.15) is 0 Å². The third kappa shape index (κ3) is 5.69. The Labute approximate surface area is 143 Å². The summed E-state index contributed by atoms with van der Waals surface area (Å²) in [5.41, 5.74) is 3.71. The summed E-state index contributed by atoms with van der Waals surface area (Å²) in [6, 6.07) is 17.5. The lowest BCUT2D eigenvalue weighted by atomic mass is 10.1. The quantitative estimate of drug-likeness (QED) is 0.810. The van der Waals surface area contributed by atoms with Gasteiger partial charge in [0.25, 0.3) is 0 Å². The molecule has 0 spiro atoms. The summed E-state index contributed by atoms with van der Waals surface area (Å²) in [5.74, 6) is 0. The Kier molecular flexibility index (Phi) is 5.96. The maximum absolute atomic E-state index is 11.3. The molecule has 6 heteroatoms. The Balaban J connectivity index is 1.98. The summed E-state index contributed by atoms with van der Waals surface area (Å²) in [6.45, 7) is 2.72. The van der Waals surface area contributed by atoms with E-state index in [-0.39, 0.29) is 6.04 Å². The Morgan fingerprint density at radius 3 is 2.42 bits per heavy atom. The van der Waals surface area contributed by atoms with Gasteiger partial charge in [-0.25, -0.2) is 8.42 Å². The second kappa shape index (κ2) is 7.95. The van der Waals surface area contributed by atoms with Crippen molar-refractivity contribution in [3.05, 3.63) is 65.2 Å². The molecule has 1 unspecified atom stereocenters. The van der Waals surface area contributed by atoms with Crippen molar-refractivity contribution in [1.82, 2.24) is 5.32 Å². The van der Waals surface area contributed by atoms with Gasteiger partial charge in [0.05, 0.1) is 18.7 Å². The van der Waals surface area contributed by atoms with E-state index in [1.54, 1.807) is 6.07 Å². The third-order valence-corrected chi connectivity index (χ3v) is 4.21. The molecule has 2 N–H and O–H groups in total. The van der Waals surface area contributed by atoms with Crippen LogP contribution < -0.4 is 10.0 Å². The maximum Gasteiger partial charge on any atom is 0.229 e. The van der Waals surface area contributed by atoms with Crippen molar-refractivity contribution in [3.8, 4) is 6.07 Å². The lowest BCUT2D eigenvalue weighted by Gasteiger charge is -2.16. The van der Waals surface area contributed by atoms with Crippen LogP contribution in [0.15, 0.2) is 48.5 Å². The molecule has 0 saturated carbocycles. The first-order chi connectivity index (χ1) is 11.4. The molecule has 2 rings (SSSR count). The minimum absolute atomic E-state index is 0.0742. The van der Waals surface area contributed by atoms with Crippen LogP contribution in [0.1, 0.15) is 29.7 Å². The van der Waals surface area contributed by atoms with E-state index in [2.05, 4.69) is 16.1 Å². The van der Waals surface area contributed by atoms with Gasteiger partial charge in [0.2, 0.25) is 10.0 Å². The van der Waals surface area contributed by atoms with Crippen LogP contribution in [0.5, 0.6) is 0 Å². The van der Waals surface area contributed by atoms with Crippen molar-refractivity contribution >= 4 is 15.7 Å². The Morgan fingerprint density at radius 1 is 1.12 bits per heavy atom. The van der Waals surface area contributed by atoms with Crippen molar-refractivity contribution in [3.63, 3.8) is 0 Å². The normalized spacial score (nSPS) is 12.4. The zero-order valence-corrected chi connectivity index (χ0v) is 14.6. The molecule has 0 amide bonds. The largest absolute Gasteiger partial charge is 0.306 e. The zero-order chi connectivity index (χ0) is 17.6.